The van der Waals surface area contributed by atoms with Crippen molar-refractivity contribution in [1.82, 2.24) is 19.4 Å². The van der Waals surface area contributed by atoms with Gasteiger partial charge in [0.1, 0.15) is 17.8 Å². The van der Waals surface area contributed by atoms with E-state index in [-0.39, 0.29) is 17.8 Å². The zero-order valence-corrected chi connectivity index (χ0v) is 20.5. The second-order valence-corrected chi connectivity index (χ2v) is 9.67. The molecule has 1 fully saturated rings. The van der Waals surface area contributed by atoms with Gasteiger partial charge in [-0.15, -0.1) is 0 Å². The van der Waals surface area contributed by atoms with Gasteiger partial charge in [0.25, 0.3) is 0 Å². The Morgan fingerprint density at radius 3 is 2.57 bits per heavy atom. The molecule has 0 spiro atoms. The lowest BCUT2D eigenvalue weighted by Crippen LogP contribution is -2.46. The highest BCUT2D eigenvalue weighted by Crippen LogP contribution is 2.24. The van der Waals surface area contributed by atoms with Crippen LogP contribution in [-0.4, -0.2) is 67.1 Å². The van der Waals surface area contributed by atoms with E-state index in [1.54, 1.807) is 30.3 Å². The molecule has 10 nitrogen and oxygen atoms in total. The van der Waals surface area contributed by atoms with Gasteiger partial charge in [-0.05, 0) is 42.7 Å². The van der Waals surface area contributed by atoms with E-state index >= 15 is 0 Å². The zero-order valence-electron chi connectivity index (χ0n) is 19.7. The monoisotopic (exact) mass is 499 g/mol. The number of likely N-dealkylation sites (tertiary alicyclic amines) is 1. The van der Waals surface area contributed by atoms with E-state index in [0.29, 0.717) is 11.3 Å². The van der Waals surface area contributed by atoms with Crippen LogP contribution in [-0.2, 0) is 16.8 Å². The van der Waals surface area contributed by atoms with E-state index in [0.717, 1.165) is 38.2 Å². The lowest BCUT2D eigenvalue weighted by molar-refractivity contribution is 0.132. The Labute approximate surface area is 205 Å². The van der Waals surface area contributed by atoms with Crippen LogP contribution in [0.1, 0.15) is 18.4 Å². The average Bonchev–Trinajstić information content (AvgIpc) is 3.33. The largest absolute Gasteiger partial charge is 0.497 e. The topological polar surface area (TPSA) is 120 Å². The number of rotatable bonds is 7. The Bertz CT molecular complexity index is 1280. The third-order valence-electron chi connectivity index (χ3n) is 6.09. The van der Waals surface area contributed by atoms with Crippen molar-refractivity contribution in [3.63, 3.8) is 0 Å². The van der Waals surface area contributed by atoms with Crippen LogP contribution in [0.3, 0.4) is 0 Å². The van der Waals surface area contributed by atoms with E-state index in [1.807, 2.05) is 19.2 Å². The first-order valence-corrected chi connectivity index (χ1v) is 12.7. The number of aromatic nitrogens is 2. The average molecular weight is 500 g/mol. The third-order valence-corrected chi connectivity index (χ3v) is 6.52. The molecule has 0 unspecified atom stereocenters. The second-order valence-electron chi connectivity index (χ2n) is 8.52. The van der Waals surface area contributed by atoms with Gasteiger partial charge in [0.2, 0.25) is 0 Å². The molecular weight excluding hydrogens is 470 g/mol. The number of nitrogens with two attached hydrogens (primary N) is 1. The van der Waals surface area contributed by atoms with Gasteiger partial charge in [-0.1, -0.05) is 24.3 Å². The maximum atomic E-state index is 13.1. The summed E-state index contributed by atoms with van der Waals surface area (Å²) in [4.78, 5) is 21.5. The van der Waals surface area contributed by atoms with Gasteiger partial charge < -0.3 is 13.8 Å². The van der Waals surface area contributed by atoms with Crippen molar-refractivity contribution in [2.75, 3.05) is 27.2 Å². The lowest BCUT2D eigenvalue weighted by Gasteiger charge is -2.36. The molecule has 1 aromatic heterocycles. The molecule has 4 rings (SSSR count). The van der Waals surface area contributed by atoms with Crippen LogP contribution in [0, 0.1) is 0 Å². The number of hydrogen-bond acceptors (Lipinski definition) is 7. The van der Waals surface area contributed by atoms with Crippen molar-refractivity contribution >= 4 is 16.3 Å². The van der Waals surface area contributed by atoms with E-state index in [4.69, 9.17) is 14.1 Å². The summed E-state index contributed by atoms with van der Waals surface area (Å²) in [5.41, 5.74) is 2.32. The summed E-state index contributed by atoms with van der Waals surface area (Å²) in [6.07, 6.45) is 4.83. The Balaban J connectivity index is 1.35. The number of carbonyl (C=O) groups excluding carboxylic acids is 1. The summed E-state index contributed by atoms with van der Waals surface area (Å²) in [7, 11) is -0.651. The van der Waals surface area contributed by atoms with E-state index in [1.165, 1.54) is 28.6 Å². The van der Waals surface area contributed by atoms with Gasteiger partial charge in [0.15, 0.2) is 0 Å². The summed E-state index contributed by atoms with van der Waals surface area (Å²) in [5, 5.41) is 4.94. The Morgan fingerprint density at radius 1 is 1.14 bits per heavy atom. The minimum atomic E-state index is -4.13. The van der Waals surface area contributed by atoms with Crippen molar-refractivity contribution in [3.8, 4) is 22.8 Å². The lowest BCUT2D eigenvalue weighted by atomic mass is 10.0. The number of benzene rings is 2. The van der Waals surface area contributed by atoms with Crippen molar-refractivity contribution < 1.29 is 22.1 Å². The van der Waals surface area contributed by atoms with Crippen molar-refractivity contribution in [3.05, 3.63) is 66.6 Å². The fraction of sp³-hybridized carbons (Fsp3) is 0.333. The summed E-state index contributed by atoms with van der Waals surface area (Å²) >= 11 is 0. The van der Waals surface area contributed by atoms with E-state index in [9.17, 15) is 13.2 Å². The Hall–Kier alpha value is -3.41. The van der Waals surface area contributed by atoms with Crippen molar-refractivity contribution in [2.24, 2.45) is 5.14 Å². The minimum Gasteiger partial charge on any atom is -0.497 e. The molecule has 1 amide bonds. The number of nitrogens with zero attached hydrogens (tertiary/aromatic N) is 4. The normalized spacial score (nSPS) is 15.1. The van der Waals surface area contributed by atoms with Crippen molar-refractivity contribution in [2.45, 2.75) is 25.4 Å². The SMILES string of the molecule is COc1cccc(CN2CCC(N(C)C(=O)n3cnc(-c4cccc(OS(N)(=O)=O)c4)c3)CC2)c1. The number of methoxy groups -OCH3 is 1. The maximum Gasteiger partial charge on any atom is 0.380 e. The summed E-state index contributed by atoms with van der Waals surface area (Å²) < 4.78 is 33.8. The molecule has 35 heavy (non-hydrogen) atoms. The van der Waals surface area contributed by atoms with Crippen LogP contribution in [0.5, 0.6) is 11.5 Å². The summed E-state index contributed by atoms with van der Waals surface area (Å²) in [5.74, 6) is 0.926. The molecule has 1 saturated heterocycles. The van der Waals surface area contributed by atoms with Gasteiger partial charge in [-0.25, -0.2) is 9.78 Å². The molecule has 0 radical (unpaired) electrons. The van der Waals surface area contributed by atoms with Gasteiger partial charge in [0.05, 0.1) is 12.8 Å². The molecule has 1 aliphatic heterocycles. The Kier molecular flexibility index (Phi) is 7.39. The van der Waals surface area contributed by atoms with Crippen molar-refractivity contribution in [1.29, 1.82) is 0 Å². The van der Waals surface area contributed by atoms with Crippen LogP contribution >= 0.6 is 0 Å². The summed E-state index contributed by atoms with van der Waals surface area (Å²) in [6.45, 7) is 2.64. The molecule has 186 valence electrons. The highest BCUT2D eigenvalue weighted by atomic mass is 32.2. The van der Waals surface area contributed by atoms with Crippen LogP contribution in [0.15, 0.2) is 61.1 Å². The predicted octanol–water partition coefficient (Wildman–Crippen LogP) is 2.71. The predicted molar refractivity (Wildman–Crippen MR) is 131 cm³/mol. The van der Waals surface area contributed by atoms with Gasteiger partial charge in [0, 0.05) is 44.5 Å². The van der Waals surface area contributed by atoms with Gasteiger partial charge >= 0.3 is 16.3 Å². The van der Waals surface area contributed by atoms with E-state index < -0.39 is 10.3 Å². The van der Waals surface area contributed by atoms with E-state index in [2.05, 4.69) is 22.0 Å². The standard InChI is InChI=1S/C24H29N5O5S/c1-27(20-9-11-28(12-10-20)15-18-5-3-7-21(13-18)33-2)24(30)29-16-23(26-17-29)19-6-4-8-22(14-19)34-35(25,31)32/h3-8,13-14,16-17,20H,9-12,15H2,1-2H3,(H2,25,31,32). The minimum absolute atomic E-state index is 0.0729. The zero-order chi connectivity index (χ0) is 25.0. The molecule has 3 aromatic rings. The maximum absolute atomic E-state index is 13.1. The highest BCUT2D eigenvalue weighted by Gasteiger charge is 2.26. The smallest absolute Gasteiger partial charge is 0.380 e. The number of piperidine rings is 1. The molecule has 1 aliphatic rings. The van der Waals surface area contributed by atoms with Crippen LogP contribution in [0.4, 0.5) is 4.79 Å². The molecule has 2 N–H and O–H groups in total. The number of amides is 1. The number of carbonyl (C=O) groups is 1. The second kappa shape index (κ2) is 10.5. The van der Waals surface area contributed by atoms with Crippen LogP contribution in [0.2, 0.25) is 0 Å². The Morgan fingerprint density at radius 2 is 1.86 bits per heavy atom. The first kappa shape index (κ1) is 24.7. The third kappa shape index (κ3) is 6.38. The first-order valence-electron chi connectivity index (χ1n) is 11.2. The molecule has 2 heterocycles. The molecule has 11 heteroatoms. The highest BCUT2D eigenvalue weighted by molar-refractivity contribution is 7.84. The number of ether oxygens (including phenoxy) is 1. The molecule has 2 aromatic carbocycles. The number of hydrogen-bond donors (Lipinski definition) is 1. The number of imidazole rings is 1. The fourth-order valence-electron chi connectivity index (χ4n) is 4.25. The molecular formula is C24H29N5O5S. The fourth-order valence-corrected chi connectivity index (χ4v) is 4.62. The summed E-state index contributed by atoms with van der Waals surface area (Å²) in [6, 6.07) is 14.4. The molecule has 0 bridgehead atoms. The molecule has 0 aliphatic carbocycles. The van der Waals surface area contributed by atoms with Gasteiger partial charge in [-0.2, -0.15) is 13.6 Å². The molecule has 0 atom stereocenters. The first-order chi connectivity index (χ1) is 16.7. The molecule has 0 saturated carbocycles. The quantitative estimate of drug-likeness (QED) is 0.531. The van der Waals surface area contributed by atoms with Gasteiger partial charge in [-0.3, -0.25) is 9.47 Å². The van der Waals surface area contributed by atoms with Crippen LogP contribution < -0.4 is 14.1 Å². The van der Waals surface area contributed by atoms with Crippen LogP contribution in [0.25, 0.3) is 11.3 Å².